The number of aromatic amines is 1. The smallest absolute Gasteiger partial charge is 0.350 e. The molecule has 234 valence electrons. The number of ketones is 1. The summed E-state index contributed by atoms with van der Waals surface area (Å²) in [6.07, 6.45) is 4.02. The van der Waals surface area contributed by atoms with E-state index < -0.39 is 11.6 Å². The third-order valence-electron chi connectivity index (χ3n) is 9.22. The summed E-state index contributed by atoms with van der Waals surface area (Å²) in [5, 5.41) is 24.5. The first-order valence-electron chi connectivity index (χ1n) is 15.4. The summed E-state index contributed by atoms with van der Waals surface area (Å²) in [7, 11) is 0. The highest BCUT2D eigenvalue weighted by Gasteiger charge is 2.42. The fraction of sp³-hybridized carbons (Fsp3) is 0.361. The second-order valence-electron chi connectivity index (χ2n) is 12.2. The number of fused-ring (bicyclic) bond motifs is 2. The van der Waals surface area contributed by atoms with Gasteiger partial charge in [-0.2, -0.15) is 4.57 Å². The van der Waals surface area contributed by atoms with Crippen molar-refractivity contribution in [3.63, 3.8) is 0 Å². The molecule has 1 aliphatic heterocycles. The van der Waals surface area contributed by atoms with Crippen LogP contribution >= 0.6 is 11.3 Å². The molecule has 45 heavy (non-hydrogen) atoms. The highest BCUT2D eigenvalue weighted by atomic mass is 32.1. The molecule has 9 heteroatoms. The quantitative estimate of drug-likeness (QED) is 0.116. The zero-order chi connectivity index (χ0) is 32.2. The number of carbonyl (C=O) groups excluding carboxylic acids is 2. The zero-order valence-electron chi connectivity index (χ0n) is 26.6. The van der Waals surface area contributed by atoms with E-state index in [0.29, 0.717) is 37.3 Å². The van der Waals surface area contributed by atoms with E-state index in [9.17, 15) is 19.8 Å². The molecule has 2 aromatic carbocycles. The molecule has 0 spiro atoms. The van der Waals surface area contributed by atoms with E-state index in [1.165, 1.54) is 11.3 Å². The maximum atomic E-state index is 13.3. The topological polar surface area (TPSA) is 116 Å². The summed E-state index contributed by atoms with van der Waals surface area (Å²) < 4.78 is 15.1. The lowest BCUT2D eigenvalue weighted by atomic mass is 9.84. The van der Waals surface area contributed by atoms with Gasteiger partial charge in [0.1, 0.15) is 16.2 Å². The summed E-state index contributed by atoms with van der Waals surface area (Å²) in [6.45, 7) is 12.0. The number of aromatic hydroxyl groups is 1. The number of hydrogen-bond acceptors (Lipinski definition) is 7. The molecule has 0 saturated carbocycles. The van der Waals surface area contributed by atoms with E-state index in [1.807, 2.05) is 65.0 Å². The Kier molecular flexibility index (Phi) is 7.85. The van der Waals surface area contributed by atoms with Crippen molar-refractivity contribution < 1.29 is 33.8 Å². The Morgan fingerprint density at radius 3 is 2.69 bits per heavy atom. The van der Waals surface area contributed by atoms with Crippen LogP contribution < -0.4 is 14.4 Å². The number of allylic oxidation sites excluding steroid dienone is 2. The van der Waals surface area contributed by atoms with Gasteiger partial charge in [-0.05, 0) is 81.8 Å². The molecule has 0 saturated heterocycles. The molecule has 1 aliphatic carbocycles. The number of carbonyl (C=O) groups is 2. The molecule has 0 bridgehead atoms. The maximum Gasteiger partial charge on any atom is 0.350 e. The van der Waals surface area contributed by atoms with Gasteiger partial charge in [0, 0.05) is 47.4 Å². The molecular formula is C36H38N2O6S. The number of aromatic nitrogens is 2. The van der Waals surface area contributed by atoms with Gasteiger partial charge in [0.2, 0.25) is 11.1 Å². The van der Waals surface area contributed by atoms with Crippen molar-refractivity contribution in [3.05, 3.63) is 85.9 Å². The van der Waals surface area contributed by atoms with Crippen LogP contribution in [0.2, 0.25) is 0 Å². The Balaban J connectivity index is 1.18. The lowest BCUT2D eigenvalue weighted by molar-refractivity contribution is -0.669. The van der Waals surface area contributed by atoms with Crippen molar-refractivity contribution in [1.29, 1.82) is 0 Å². The lowest BCUT2D eigenvalue weighted by Crippen LogP contribution is -2.46. The first-order chi connectivity index (χ1) is 21.4. The molecule has 2 aliphatic rings. The number of aryl methyl sites for hydroxylation is 3. The largest absolute Gasteiger partial charge is 0.871 e. The van der Waals surface area contributed by atoms with Gasteiger partial charge in [-0.3, -0.25) is 4.79 Å². The standard InChI is InChI=1S/C36H38N2O6S/c1-7-23-17-19(2)37-30(23)29-32(40)25(33(29)41)18-28-38(26-11-8-9-12-27(26)45-28)15-10-16-43-35(42)36(6)14-13-24-22(5)31(39)20(3)21(4)34(24)44-36/h8-9,11-12,17-18H,7,10,13-16H2,1-6H3,(H2,39,40,41). The number of H-pyrrole nitrogens is 1. The molecule has 2 N–H and O–H groups in total. The summed E-state index contributed by atoms with van der Waals surface area (Å²) in [5.41, 5.74) is 6.09. The second-order valence-corrected chi connectivity index (χ2v) is 13.3. The molecule has 2 aromatic heterocycles. The minimum Gasteiger partial charge on any atom is -0.871 e. The number of phenols is 1. The third-order valence-corrected chi connectivity index (χ3v) is 10.3. The summed E-state index contributed by atoms with van der Waals surface area (Å²) >= 11 is 1.52. The fourth-order valence-electron chi connectivity index (χ4n) is 6.37. The van der Waals surface area contributed by atoms with Crippen LogP contribution in [0, 0.1) is 27.7 Å². The van der Waals surface area contributed by atoms with Crippen molar-refractivity contribution in [2.75, 3.05) is 6.61 Å². The van der Waals surface area contributed by atoms with Gasteiger partial charge in [0.15, 0.2) is 12.3 Å². The molecule has 8 nitrogen and oxygen atoms in total. The first kappa shape index (κ1) is 30.6. The number of ether oxygens (including phenoxy) is 2. The predicted molar refractivity (Wildman–Crippen MR) is 172 cm³/mol. The van der Waals surface area contributed by atoms with Gasteiger partial charge in [-0.1, -0.05) is 36.2 Å². The lowest BCUT2D eigenvalue weighted by Gasteiger charge is -2.35. The molecule has 0 fully saturated rings. The first-order valence-corrected chi connectivity index (χ1v) is 16.2. The van der Waals surface area contributed by atoms with Gasteiger partial charge < -0.3 is 24.7 Å². The number of phenolic OH excluding ortho intramolecular Hbond substituents is 1. The summed E-state index contributed by atoms with van der Waals surface area (Å²) in [4.78, 5) is 29.7. The number of para-hydroxylation sites is 1. The van der Waals surface area contributed by atoms with Gasteiger partial charge >= 0.3 is 5.97 Å². The van der Waals surface area contributed by atoms with Crippen LogP contribution in [-0.2, 0) is 33.7 Å². The van der Waals surface area contributed by atoms with Crippen molar-refractivity contribution in [2.24, 2.45) is 0 Å². The minimum absolute atomic E-state index is 0.183. The molecular weight excluding hydrogens is 588 g/mol. The molecule has 0 radical (unpaired) electrons. The fourth-order valence-corrected chi connectivity index (χ4v) is 7.50. The van der Waals surface area contributed by atoms with Crippen LogP contribution in [-0.4, -0.2) is 34.1 Å². The average Bonchev–Trinajstić information content (AvgIpc) is 3.58. The van der Waals surface area contributed by atoms with E-state index in [1.54, 1.807) is 13.0 Å². The molecule has 0 amide bonds. The van der Waals surface area contributed by atoms with Crippen LogP contribution in [0.4, 0.5) is 0 Å². The van der Waals surface area contributed by atoms with Gasteiger partial charge in [0.25, 0.3) is 5.01 Å². The Labute approximate surface area is 266 Å². The number of rotatable bonds is 8. The summed E-state index contributed by atoms with van der Waals surface area (Å²) in [6, 6.07) is 9.92. The van der Waals surface area contributed by atoms with Crippen molar-refractivity contribution >= 4 is 45.0 Å². The Morgan fingerprint density at radius 2 is 1.96 bits per heavy atom. The van der Waals surface area contributed by atoms with Crippen molar-refractivity contribution in [1.82, 2.24) is 4.98 Å². The van der Waals surface area contributed by atoms with Gasteiger partial charge in [0.05, 0.1) is 12.3 Å². The Hall–Kier alpha value is -4.37. The predicted octanol–water partition coefficient (Wildman–Crippen LogP) is 5.47. The number of nitrogens with zero attached hydrogens (tertiary/aromatic N) is 1. The van der Waals surface area contributed by atoms with Crippen LogP contribution in [0.5, 0.6) is 11.5 Å². The molecule has 1 atom stereocenters. The normalized spacial score (nSPS) is 18.7. The van der Waals surface area contributed by atoms with Crippen molar-refractivity contribution in [2.45, 2.75) is 79.4 Å². The van der Waals surface area contributed by atoms with Crippen molar-refractivity contribution in [3.8, 4) is 11.5 Å². The number of nitrogens with one attached hydrogen (secondary N) is 1. The molecule has 1 unspecified atom stereocenters. The molecule has 3 heterocycles. The Morgan fingerprint density at radius 1 is 1.20 bits per heavy atom. The minimum atomic E-state index is -1.13. The van der Waals surface area contributed by atoms with Gasteiger partial charge in [-0.25, -0.2) is 4.79 Å². The number of Topliss-reactive ketones (excluding diaryl/α,β-unsaturated/α-hetero) is 1. The van der Waals surface area contributed by atoms with Crippen LogP contribution in [0.3, 0.4) is 0 Å². The second kappa shape index (κ2) is 11.5. The molecule has 4 aromatic rings. The SMILES string of the molecule is CCc1cc(C)[nH]c1C1=C([O-])/C(=C/c2sc3ccccc3[n+]2CCCOC(=O)C2(C)CCc3c(C)c(O)c(C)c(C)c3O2)C1=O. The maximum absolute atomic E-state index is 13.3. The highest BCUT2D eigenvalue weighted by Crippen LogP contribution is 2.43. The average molecular weight is 627 g/mol. The van der Waals surface area contributed by atoms with Gasteiger partial charge in [-0.15, -0.1) is 0 Å². The van der Waals surface area contributed by atoms with E-state index >= 15 is 0 Å². The van der Waals surface area contributed by atoms with E-state index in [4.69, 9.17) is 9.47 Å². The van der Waals surface area contributed by atoms with E-state index in [-0.39, 0.29) is 35.0 Å². The number of esters is 1. The van der Waals surface area contributed by atoms with E-state index in [0.717, 1.165) is 55.2 Å². The van der Waals surface area contributed by atoms with Crippen LogP contribution in [0.15, 0.2) is 41.7 Å². The zero-order valence-corrected chi connectivity index (χ0v) is 27.4. The highest BCUT2D eigenvalue weighted by molar-refractivity contribution is 7.18. The monoisotopic (exact) mass is 626 g/mol. The van der Waals surface area contributed by atoms with E-state index in [2.05, 4.69) is 9.55 Å². The summed E-state index contributed by atoms with van der Waals surface area (Å²) in [5.74, 6) is 0.0306. The number of benzene rings is 2. The molecule has 6 rings (SSSR count). The van der Waals surface area contributed by atoms with Crippen LogP contribution in [0.25, 0.3) is 21.9 Å². The van der Waals surface area contributed by atoms with Crippen LogP contribution in [0.1, 0.15) is 70.9 Å². The Bertz CT molecular complexity index is 1940. The third kappa shape index (κ3) is 5.13. The number of thiazole rings is 1. The number of hydrogen-bond donors (Lipinski definition) is 2.